The molecule has 2 aromatic heterocycles. The van der Waals surface area contributed by atoms with Gasteiger partial charge in [-0.25, -0.2) is 13.8 Å². The van der Waals surface area contributed by atoms with Gasteiger partial charge in [0.25, 0.3) is 0 Å². The van der Waals surface area contributed by atoms with Crippen LogP contribution in [-0.2, 0) is 19.9 Å². The number of hydrogen-bond donors (Lipinski definition) is 1. The molecule has 0 radical (unpaired) electrons. The van der Waals surface area contributed by atoms with Crippen molar-refractivity contribution in [3.05, 3.63) is 108 Å². The van der Waals surface area contributed by atoms with E-state index in [2.05, 4.69) is 76.5 Å². The molecule has 1 saturated heterocycles. The fourth-order valence-corrected chi connectivity index (χ4v) is 7.38. The number of aryl methyl sites for hydroxylation is 2. The monoisotopic (exact) mass is 676 g/mol. The van der Waals surface area contributed by atoms with Crippen molar-refractivity contribution < 1.29 is 8.78 Å². The second-order valence-electron chi connectivity index (χ2n) is 14.2. The van der Waals surface area contributed by atoms with E-state index in [0.29, 0.717) is 29.6 Å². The SMILES string of the molecule is C=C1/N=C2\Nc3ccc(C(=C)N(C)C4CN(CCc5cc(F)cc(F)c5)C4)cc3N2C[C@H](C)CCCCc2c(cnn2C)-c2cc1cc(C)n2. The molecule has 3 aliphatic rings. The van der Waals surface area contributed by atoms with Gasteiger partial charge < -0.3 is 15.1 Å². The van der Waals surface area contributed by atoms with E-state index in [9.17, 15) is 8.78 Å². The molecular weight excluding hydrogens is 630 g/mol. The Labute approximate surface area is 293 Å². The van der Waals surface area contributed by atoms with Crippen LogP contribution in [-0.4, -0.2) is 69.8 Å². The van der Waals surface area contributed by atoms with E-state index in [1.165, 1.54) is 17.8 Å². The van der Waals surface area contributed by atoms with E-state index in [4.69, 9.17) is 9.98 Å². The van der Waals surface area contributed by atoms with Crippen LogP contribution in [0.15, 0.2) is 72.9 Å². The van der Waals surface area contributed by atoms with Crippen LogP contribution < -0.4 is 10.2 Å². The molecule has 0 aliphatic carbocycles. The number of fused-ring (bicyclic) bond motifs is 7. The average Bonchev–Trinajstić information content (AvgIpc) is 3.59. The second kappa shape index (κ2) is 13.8. The summed E-state index contributed by atoms with van der Waals surface area (Å²) >= 11 is 0. The molecule has 50 heavy (non-hydrogen) atoms. The van der Waals surface area contributed by atoms with Crippen molar-refractivity contribution in [3.63, 3.8) is 0 Å². The molecule has 10 heteroatoms. The van der Waals surface area contributed by atoms with Crippen LogP contribution in [0.2, 0.25) is 0 Å². The van der Waals surface area contributed by atoms with Crippen molar-refractivity contribution in [2.45, 2.75) is 52.0 Å². The van der Waals surface area contributed by atoms with Crippen molar-refractivity contribution in [1.29, 1.82) is 0 Å². The van der Waals surface area contributed by atoms with Crippen molar-refractivity contribution in [2.24, 2.45) is 18.0 Å². The summed E-state index contributed by atoms with van der Waals surface area (Å²) in [4.78, 5) is 16.8. The second-order valence-corrected chi connectivity index (χ2v) is 14.2. The summed E-state index contributed by atoms with van der Waals surface area (Å²) in [5.41, 5.74) is 10.5. The van der Waals surface area contributed by atoms with Crippen LogP contribution in [0.5, 0.6) is 0 Å². The van der Waals surface area contributed by atoms with Gasteiger partial charge in [-0.3, -0.25) is 14.6 Å². The van der Waals surface area contributed by atoms with Gasteiger partial charge in [0.1, 0.15) is 11.6 Å². The number of pyridine rings is 1. The predicted molar refractivity (Wildman–Crippen MR) is 199 cm³/mol. The first kappa shape index (κ1) is 33.7. The Morgan fingerprint density at radius 2 is 1.82 bits per heavy atom. The minimum absolute atomic E-state index is 0.313. The topological polar surface area (TPSA) is 64.8 Å². The summed E-state index contributed by atoms with van der Waals surface area (Å²) in [6.45, 7) is 16.6. The van der Waals surface area contributed by atoms with Gasteiger partial charge in [0.05, 0.1) is 35.0 Å². The van der Waals surface area contributed by atoms with Crippen LogP contribution in [0.3, 0.4) is 0 Å². The van der Waals surface area contributed by atoms with Crippen LogP contribution in [0, 0.1) is 24.5 Å². The Morgan fingerprint density at radius 1 is 1.04 bits per heavy atom. The van der Waals surface area contributed by atoms with Gasteiger partial charge >= 0.3 is 0 Å². The molecule has 7 rings (SSSR count). The molecular formula is C40H46F2N8. The Hall–Kier alpha value is -4.83. The Morgan fingerprint density at radius 3 is 2.60 bits per heavy atom. The fraction of sp³-hybridized carbons (Fsp3) is 0.375. The van der Waals surface area contributed by atoms with Crippen molar-refractivity contribution in [2.75, 3.05) is 43.4 Å². The first-order valence-electron chi connectivity index (χ1n) is 17.6. The minimum atomic E-state index is -0.527. The van der Waals surface area contributed by atoms with E-state index in [-0.39, 0.29) is 0 Å². The van der Waals surface area contributed by atoms with E-state index in [1.807, 2.05) is 30.9 Å². The van der Waals surface area contributed by atoms with Crippen LogP contribution >= 0.6 is 0 Å². The summed E-state index contributed by atoms with van der Waals surface area (Å²) in [5, 5.41) is 8.17. The third kappa shape index (κ3) is 6.94. The predicted octanol–water partition coefficient (Wildman–Crippen LogP) is 7.52. The number of likely N-dealkylation sites (tertiary alicyclic amines) is 1. The number of benzene rings is 2. The molecule has 1 fully saturated rings. The third-order valence-corrected chi connectivity index (χ3v) is 10.4. The van der Waals surface area contributed by atoms with E-state index in [1.54, 1.807) is 0 Å². The molecule has 3 aliphatic heterocycles. The molecule has 0 spiro atoms. The highest BCUT2D eigenvalue weighted by Gasteiger charge is 2.32. The fourth-order valence-electron chi connectivity index (χ4n) is 7.38. The smallest absolute Gasteiger partial charge is 0.208 e. The van der Waals surface area contributed by atoms with Crippen molar-refractivity contribution in [3.8, 4) is 11.3 Å². The van der Waals surface area contributed by atoms with Gasteiger partial charge in [-0.1, -0.05) is 32.6 Å². The zero-order chi connectivity index (χ0) is 35.1. The molecule has 1 N–H and O–H groups in total. The van der Waals surface area contributed by atoms with Crippen molar-refractivity contribution >= 4 is 28.7 Å². The van der Waals surface area contributed by atoms with E-state index >= 15 is 0 Å². The number of nitrogens with zero attached hydrogens (tertiary/aromatic N) is 7. The lowest BCUT2D eigenvalue weighted by atomic mass is 10.00. The van der Waals surface area contributed by atoms with Gasteiger partial charge in [0, 0.05) is 74.6 Å². The normalized spacial score (nSPS) is 19.2. The molecule has 1 atom stereocenters. The quantitative estimate of drug-likeness (QED) is 0.228. The first-order chi connectivity index (χ1) is 24.0. The maximum Gasteiger partial charge on any atom is 0.208 e. The Bertz CT molecular complexity index is 1950. The molecule has 0 unspecified atom stereocenters. The van der Waals surface area contributed by atoms with Gasteiger partial charge in [0.2, 0.25) is 5.96 Å². The standard InChI is InChI=1S/C40H46F2N8/c1-25-9-7-8-10-38-35(21-43-48(38)6)37-18-31(15-26(2)44-37)27(3)45-40-46-36-12-11-30(19-39(36)50(40)22-25)28(4)47(5)34-23-49(24-34)14-13-29-16-32(41)20-33(42)17-29/h11-12,15-21,25,34H,3-4,7-10,13-14,22-24H2,1-2,5-6H3,(H,45,46)/t25-/m1/s1. The Kier molecular flexibility index (Phi) is 9.30. The van der Waals surface area contributed by atoms with Gasteiger partial charge in [-0.05, 0) is 86.1 Å². The number of hydrogen-bond acceptors (Lipinski definition) is 7. The lowest BCUT2D eigenvalue weighted by Gasteiger charge is -2.45. The van der Waals surface area contributed by atoms with Gasteiger partial charge in [-0.15, -0.1) is 0 Å². The Balaban J connectivity index is 1.09. The maximum atomic E-state index is 13.6. The molecule has 8 nitrogen and oxygen atoms in total. The number of rotatable bonds is 6. The van der Waals surface area contributed by atoms with Gasteiger partial charge in [0.15, 0.2) is 0 Å². The van der Waals surface area contributed by atoms with E-state index < -0.39 is 11.6 Å². The molecule has 4 aromatic rings. The zero-order valence-electron chi connectivity index (χ0n) is 29.5. The largest absolute Gasteiger partial charge is 0.369 e. The molecule has 2 bridgehead atoms. The minimum Gasteiger partial charge on any atom is -0.369 e. The molecule has 5 heterocycles. The first-order valence-corrected chi connectivity index (χ1v) is 17.6. The number of nitrogens with one attached hydrogen (secondary N) is 1. The lowest BCUT2D eigenvalue weighted by molar-refractivity contribution is 0.0809. The lowest BCUT2D eigenvalue weighted by Crippen LogP contribution is -2.57. The zero-order valence-corrected chi connectivity index (χ0v) is 29.5. The highest BCUT2D eigenvalue weighted by molar-refractivity contribution is 6.16. The third-order valence-electron chi connectivity index (χ3n) is 10.4. The number of anilines is 2. The molecule has 0 amide bonds. The average molecular weight is 677 g/mol. The molecule has 2 aromatic carbocycles. The van der Waals surface area contributed by atoms with Crippen LogP contribution in [0.1, 0.15) is 54.3 Å². The summed E-state index contributed by atoms with van der Waals surface area (Å²) in [5.74, 6) is 0.150. The highest BCUT2D eigenvalue weighted by atomic mass is 19.1. The number of halogens is 2. The highest BCUT2D eigenvalue weighted by Crippen LogP contribution is 2.38. The number of aromatic nitrogens is 3. The van der Waals surface area contributed by atoms with Crippen LogP contribution in [0.4, 0.5) is 20.2 Å². The summed E-state index contributed by atoms with van der Waals surface area (Å²) in [6.07, 6.45) is 6.78. The van der Waals surface area contributed by atoms with E-state index in [0.717, 1.165) is 109 Å². The summed E-state index contributed by atoms with van der Waals surface area (Å²) in [7, 11) is 4.11. The van der Waals surface area contributed by atoms with Crippen molar-refractivity contribution in [1.82, 2.24) is 24.6 Å². The maximum absolute atomic E-state index is 13.6. The number of guanidine groups is 1. The molecule has 260 valence electrons. The summed E-state index contributed by atoms with van der Waals surface area (Å²) < 4.78 is 29.2. The number of likely N-dealkylation sites (N-methyl/N-ethyl adjacent to an activating group) is 1. The van der Waals surface area contributed by atoms with Gasteiger partial charge in [-0.2, -0.15) is 5.10 Å². The molecule has 0 saturated carbocycles. The number of aliphatic imine (C=N–C) groups is 1. The summed E-state index contributed by atoms with van der Waals surface area (Å²) in [6, 6.07) is 14.6. The van der Waals surface area contributed by atoms with Crippen LogP contribution in [0.25, 0.3) is 22.7 Å².